The van der Waals surface area contributed by atoms with E-state index in [0.29, 0.717) is 24.1 Å². The molecule has 0 fully saturated rings. The number of amides is 1. The van der Waals surface area contributed by atoms with Gasteiger partial charge in [-0.1, -0.05) is 55.8 Å². The normalized spacial score (nSPS) is 12.6. The summed E-state index contributed by atoms with van der Waals surface area (Å²) in [6, 6.07) is 19.4. The highest BCUT2D eigenvalue weighted by Gasteiger charge is 2.30. The molecule has 1 aromatic heterocycles. The summed E-state index contributed by atoms with van der Waals surface area (Å²) in [6.45, 7) is 2.50. The minimum absolute atomic E-state index is 0.194. The van der Waals surface area contributed by atoms with Gasteiger partial charge in [0.1, 0.15) is 11.3 Å². The van der Waals surface area contributed by atoms with Gasteiger partial charge in [-0.3, -0.25) is 4.79 Å². The summed E-state index contributed by atoms with van der Waals surface area (Å²) in [7, 11) is 0. The zero-order valence-corrected chi connectivity index (χ0v) is 20.1. The number of benzene rings is 3. The van der Waals surface area contributed by atoms with Crippen LogP contribution in [0.25, 0.3) is 11.0 Å². The molecule has 0 bridgehead atoms. The van der Waals surface area contributed by atoms with Gasteiger partial charge in [0, 0.05) is 35.5 Å². The van der Waals surface area contributed by atoms with E-state index in [1.54, 1.807) is 12.1 Å². The van der Waals surface area contributed by atoms with E-state index in [9.17, 15) is 18.0 Å². The maximum Gasteiger partial charge on any atom is 0.416 e. The van der Waals surface area contributed by atoms with Gasteiger partial charge in [-0.05, 0) is 54.3 Å². The number of halogens is 3. The molecule has 0 saturated carbocycles. The fourth-order valence-corrected chi connectivity index (χ4v) is 4.24. The van der Waals surface area contributed by atoms with Crippen molar-refractivity contribution in [3.63, 3.8) is 0 Å². The molecule has 0 radical (unpaired) electrons. The smallest absolute Gasteiger partial charge is 0.416 e. The fourth-order valence-electron chi connectivity index (χ4n) is 4.24. The quantitative estimate of drug-likeness (QED) is 0.264. The van der Waals surface area contributed by atoms with Gasteiger partial charge in [0.2, 0.25) is 0 Å². The lowest BCUT2D eigenvalue weighted by Gasteiger charge is -2.14. The van der Waals surface area contributed by atoms with Crippen LogP contribution in [0.3, 0.4) is 0 Å². The van der Waals surface area contributed by atoms with Crippen LogP contribution in [-0.4, -0.2) is 5.91 Å². The van der Waals surface area contributed by atoms with Crippen molar-refractivity contribution in [3.05, 3.63) is 106 Å². The van der Waals surface area contributed by atoms with Crippen molar-refractivity contribution in [2.45, 2.75) is 51.4 Å². The predicted octanol–water partition coefficient (Wildman–Crippen LogP) is 6.97. The van der Waals surface area contributed by atoms with E-state index in [2.05, 4.69) is 12.2 Å². The molecule has 0 spiro atoms. The Morgan fingerprint density at radius 3 is 2.36 bits per heavy atom. The first-order chi connectivity index (χ1) is 17.3. The largest absolute Gasteiger partial charge is 0.461 e. The maximum absolute atomic E-state index is 12.8. The average Bonchev–Trinajstić information content (AvgIpc) is 3.23. The Morgan fingerprint density at radius 2 is 1.69 bits per heavy atom. The number of para-hydroxylation sites is 1. The molecule has 0 aliphatic rings. The van der Waals surface area contributed by atoms with Gasteiger partial charge in [0.05, 0.1) is 5.56 Å². The molecule has 0 aliphatic heterocycles. The summed E-state index contributed by atoms with van der Waals surface area (Å²) in [4.78, 5) is 12.8. The summed E-state index contributed by atoms with van der Waals surface area (Å²) in [6.07, 6.45) is -1.05. The van der Waals surface area contributed by atoms with E-state index in [1.807, 2.05) is 36.4 Å². The molecule has 0 aliphatic carbocycles. The molecule has 3 N–H and O–H groups in total. The highest BCUT2D eigenvalue weighted by atomic mass is 19.4. The Balaban J connectivity index is 1.39. The van der Waals surface area contributed by atoms with Crippen molar-refractivity contribution < 1.29 is 22.4 Å². The van der Waals surface area contributed by atoms with Crippen LogP contribution in [0.2, 0.25) is 0 Å². The summed E-state index contributed by atoms with van der Waals surface area (Å²) in [5, 5.41) is 4.01. The number of hydrogen-bond donors (Lipinski definition) is 2. The Bertz CT molecular complexity index is 1310. The highest BCUT2D eigenvalue weighted by Crippen LogP contribution is 2.30. The monoisotopic (exact) mass is 494 g/mol. The van der Waals surface area contributed by atoms with Gasteiger partial charge in [0.25, 0.3) is 5.91 Å². The first-order valence-corrected chi connectivity index (χ1v) is 12.1. The number of fused-ring (bicyclic) bond motifs is 1. The molecule has 1 heterocycles. The molecular weight excluding hydrogens is 465 g/mol. The van der Waals surface area contributed by atoms with E-state index >= 15 is 0 Å². The van der Waals surface area contributed by atoms with E-state index in [4.69, 9.17) is 10.2 Å². The molecule has 188 valence electrons. The van der Waals surface area contributed by atoms with Crippen molar-refractivity contribution in [1.29, 1.82) is 0 Å². The molecule has 4 aromatic rings. The third-order valence-corrected chi connectivity index (χ3v) is 6.30. The third kappa shape index (κ3) is 5.97. The molecule has 1 unspecified atom stereocenters. The lowest BCUT2D eigenvalue weighted by Crippen LogP contribution is -2.23. The van der Waals surface area contributed by atoms with Crippen LogP contribution in [0.15, 0.2) is 77.2 Å². The Kier molecular flexibility index (Phi) is 7.79. The summed E-state index contributed by atoms with van der Waals surface area (Å²) >= 11 is 0. The number of carbonyl (C=O) groups is 1. The zero-order valence-electron chi connectivity index (χ0n) is 20.1. The van der Waals surface area contributed by atoms with Gasteiger partial charge >= 0.3 is 6.18 Å². The Hall–Kier alpha value is -3.58. The lowest BCUT2D eigenvalue weighted by molar-refractivity contribution is -0.137. The summed E-state index contributed by atoms with van der Waals surface area (Å²) < 4.78 is 44.4. The summed E-state index contributed by atoms with van der Waals surface area (Å²) in [5.41, 5.74) is 9.37. The molecule has 3 aromatic carbocycles. The van der Waals surface area contributed by atoms with E-state index in [0.717, 1.165) is 59.3 Å². The second-order valence-electron chi connectivity index (χ2n) is 8.91. The topological polar surface area (TPSA) is 68.3 Å². The number of nitrogens with one attached hydrogen (secondary N) is 1. The average molecular weight is 495 g/mol. The molecular formula is C29H29F3N2O2. The van der Waals surface area contributed by atoms with E-state index in [1.165, 1.54) is 12.1 Å². The van der Waals surface area contributed by atoms with Gasteiger partial charge in [-0.15, -0.1) is 0 Å². The minimum Gasteiger partial charge on any atom is -0.461 e. The molecule has 1 atom stereocenters. The van der Waals surface area contributed by atoms with Crippen LogP contribution in [0.5, 0.6) is 0 Å². The fraction of sp³-hybridized carbons (Fsp3) is 0.276. The number of carbonyl (C=O) groups excluding carboxylic acids is 1. The Morgan fingerprint density at radius 1 is 1.00 bits per heavy atom. The second-order valence-corrected chi connectivity index (χ2v) is 8.91. The second kappa shape index (κ2) is 11.0. The molecule has 36 heavy (non-hydrogen) atoms. The van der Waals surface area contributed by atoms with Gasteiger partial charge in [-0.2, -0.15) is 13.2 Å². The van der Waals surface area contributed by atoms with Crippen molar-refractivity contribution in [1.82, 2.24) is 5.32 Å². The van der Waals surface area contributed by atoms with Gasteiger partial charge in [0.15, 0.2) is 0 Å². The van der Waals surface area contributed by atoms with Crippen LogP contribution < -0.4 is 11.1 Å². The predicted molar refractivity (Wildman–Crippen MR) is 135 cm³/mol. The van der Waals surface area contributed by atoms with Gasteiger partial charge in [-0.25, -0.2) is 0 Å². The SMILES string of the molecule is CCCCc1oc2ccccc2c1CNC(=O)c1ccc(CC(N)c2ccc(C(F)(F)F)cc2)cc1. The number of unbranched alkanes of at least 4 members (excludes halogenated alkanes) is 1. The third-order valence-electron chi connectivity index (χ3n) is 6.30. The maximum atomic E-state index is 12.8. The summed E-state index contributed by atoms with van der Waals surface area (Å²) in [5.74, 6) is 0.714. The van der Waals surface area contributed by atoms with Crippen LogP contribution in [0.4, 0.5) is 13.2 Å². The molecule has 4 rings (SSSR count). The van der Waals surface area contributed by atoms with Crippen LogP contribution in [0, 0.1) is 0 Å². The molecule has 7 heteroatoms. The van der Waals surface area contributed by atoms with Crippen LogP contribution in [0.1, 0.15) is 64.2 Å². The van der Waals surface area contributed by atoms with Gasteiger partial charge < -0.3 is 15.5 Å². The number of hydrogen-bond acceptors (Lipinski definition) is 3. The number of nitrogens with two attached hydrogens (primary N) is 1. The number of furan rings is 1. The lowest BCUT2D eigenvalue weighted by atomic mass is 9.98. The molecule has 4 nitrogen and oxygen atoms in total. The number of aryl methyl sites for hydroxylation is 1. The minimum atomic E-state index is -4.37. The first kappa shape index (κ1) is 25.5. The van der Waals surface area contributed by atoms with Crippen molar-refractivity contribution in [2.24, 2.45) is 5.73 Å². The van der Waals surface area contributed by atoms with E-state index < -0.39 is 17.8 Å². The van der Waals surface area contributed by atoms with E-state index in [-0.39, 0.29) is 5.91 Å². The van der Waals surface area contributed by atoms with Crippen LogP contribution in [-0.2, 0) is 25.6 Å². The first-order valence-electron chi connectivity index (χ1n) is 12.1. The molecule has 0 saturated heterocycles. The van der Waals surface area contributed by atoms with Crippen molar-refractivity contribution >= 4 is 16.9 Å². The van der Waals surface area contributed by atoms with Crippen LogP contribution >= 0.6 is 0 Å². The highest BCUT2D eigenvalue weighted by molar-refractivity contribution is 5.94. The van der Waals surface area contributed by atoms with Crippen molar-refractivity contribution in [3.8, 4) is 0 Å². The standard InChI is InChI=1S/C29H29F3N2O2/c1-2-3-7-27-24(23-6-4-5-8-26(23)36-27)18-34-28(35)21-11-9-19(10-12-21)17-25(33)20-13-15-22(16-14-20)29(30,31)32/h4-6,8-16,25H,2-3,7,17-18,33H2,1H3,(H,34,35). The number of alkyl halides is 3. The Labute approximate surface area is 208 Å². The number of rotatable bonds is 9. The van der Waals surface area contributed by atoms with Crippen molar-refractivity contribution in [2.75, 3.05) is 0 Å². The zero-order chi connectivity index (χ0) is 25.7. The molecule has 1 amide bonds.